The Morgan fingerprint density at radius 3 is 2.56 bits per heavy atom. The maximum absolute atomic E-state index is 12.9. The van der Waals surface area contributed by atoms with Gasteiger partial charge in [0.15, 0.2) is 0 Å². The van der Waals surface area contributed by atoms with Crippen LogP contribution in [0.2, 0.25) is 0 Å². The zero-order valence-electron chi connectivity index (χ0n) is 15.9. The van der Waals surface area contributed by atoms with Gasteiger partial charge in [-0.2, -0.15) is 5.26 Å². The van der Waals surface area contributed by atoms with Crippen molar-refractivity contribution in [1.29, 1.82) is 5.26 Å². The van der Waals surface area contributed by atoms with E-state index in [0.717, 1.165) is 0 Å². The Kier molecular flexibility index (Phi) is 7.89. The number of hydrogen-bond acceptors (Lipinski definition) is 6. The van der Waals surface area contributed by atoms with E-state index in [1.165, 1.54) is 0 Å². The second kappa shape index (κ2) is 10.4. The van der Waals surface area contributed by atoms with E-state index in [2.05, 4.69) is 6.07 Å². The fraction of sp³-hybridized carbons (Fsp3) is 0.526. The van der Waals surface area contributed by atoms with Gasteiger partial charge in [-0.05, 0) is 19.1 Å². The molecule has 0 N–H and O–H groups in total. The normalized spacial score (nSPS) is 14.3. The lowest BCUT2D eigenvalue weighted by Gasteiger charge is -2.34. The molecule has 0 aromatic heterocycles. The molecule has 1 saturated heterocycles. The van der Waals surface area contributed by atoms with Crippen LogP contribution in [0.4, 0.5) is 10.5 Å². The van der Waals surface area contributed by atoms with E-state index in [0.29, 0.717) is 50.8 Å². The molecule has 8 heteroatoms. The number of ether oxygens (including phenoxy) is 2. The highest BCUT2D eigenvalue weighted by atomic mass is 16.6. The van der Waals surface area contributed by atoms with Crippen LogP contribution in [0.25, 0.3) is 0 Å². The topological polar surface area (TPSA) is 86.1 Å². The van der Waals surface area contributed by atoms with Gasteiger partial charge in [-0.1, -0.05) is 12.1 Å². The lowest BCUT2D eigenvalue weighted by atomic mass is 10.2. The standard InChI is InChI=1S/C19H26N4O4/c1-3-27-19(25)22-13-11-21(12-14-22)15-18(24)23(10-6-9-20)16-7-4-5-8-17(16)26-2/h4-5,7-8H,3,6,10-15H2,1-2H3. The van der Waals surface area contributed by atoms with Crippen LogP contribution in [0.5, 0.6) is 5.75 Å². The first-order valence-corrected chi connectivity index (χ1v) is 9.05. The maximum Gasteiger partial charge on any atom is 0.409 e. The van der Waals surface area contributed by atoms with Crippen molar-refractivity contribution in [3.63, 3.8) is 0 Å². The van der Waals surface area contributed by atoms with Crippen LogP contribution in [0.3, 0.4) is 0 Å². The van der Waals surface area contributed by atoms with E-state index in [1.807, 2.05) is 23.1 Å². The van der Waals surface area contributed by atoms with E-state index in [9.17, 15) is 9.59 Å². The molecule has 8 nitrogen and oxygen atoms in total. The number of benzene rings is 1. The third kappa shape index (κ3) is 5.59. The SMILES string of the molecule is CCOC(=O)N1CCN(CC(=O)N(CCC#N)c2ccccc2OC)CC1. The number of carbonyl (C=O) groups excluding carboxylic acids is 2. The molecule has 1 aromatic carbocycles. The molecule has 1 heterocycles. The molecule has 0 unspecified atom stereocenters. The molecular formula is C19H26N4O4. The van der Waals surface area contributed by atoms with Gasteiger partial charge in [-0.3, -0.25) is 9.69 Å². The number of anilines is 1. The molecule has 1 aliphatic rings. The molecule has 27 heavy (non-hydrogen) atoms. The number of nitriles is 1. The molecule has 2 rings (SSSR count). The fourth-order valence-corrected chi connectivity index (χ4v) is 2.97. The summed E-state index contributed by atoms with van der Waals surface area (Å²) in [5, 5.41) is 8.94. The summed E-state index contributed by atoms with van der Waals surface area (Å²) in [4.78, 5) is 29.9. The van der Waals surface area contributed by atoms with Crippen molar-refractivity contribution in [2.24, 2.45) is 0 Å². The van der Waals surface area contributed by atoms with Crippen LogP contribution in [-0.4, -0.2) is 74.8 Å². The lowest BCUT2D eigenvalue weighted by molar-refractivity contribution is -0.120. The summed E-state index contributed by atoms with van der Waals surface area (Å²) in [6, 6.07) is 9.36. The van der Waals surface area contributed by atoms with Crippen molar-refractivity contribution in [3.05, 3.63) is 24.3 Å². The fourth-order valence-electron chi connectivity index (χ4n) is 2.97. The summed E-state index contributed by atoms with van der Waals surface area (Å²) in [7, 11) is 1.56. The van der Waals surface area contributed by atoms with E-state index in [1.54, 1.807) is 29.9 Å². The minimum absolute atomic E-state index is 0.0978. The highest BCUT2D eigenvalue weighted by Crippen LogP contribution is 2.28. The second-order valence-electron chi connectivity index (χ2n) is 6.09. The Hall–Kier alpha value is -2.79. The van der Waals surface area contributed by atoms with E-state index < -0.39 is 0 Å². The second-order valence-corrected chi connectivity index (χ2v) is 6.09. The minimum atomic E-state index is -0.312. The Labute approximate surface area is 159 Å². The number of carbonyl (C=O) groups is 2. The predicted molar refractivity (Wildman–Crippen MR) is 101 cm³/mol. The summed E-state index contributed by atoms with van der Waals surface area (Å²) in [6.07, 6.45) is -0.0754. The number of methoxy groups -OCH3 is 1. The van der Waals surface area contributed by atoms with Crippen molar-refractivity contribution in [1.82, 2.24) is 9.80 Å². The average Bonchev–Trinajstić information content (AvgIpc) is 2.69. The van der Waals surface area contributed by atoms with Crippen LogP contribution in [-0.2, 0) is 9.53 Å². The first kappa shape index (κ1) is 20.5. The molecule has 0 saturated carbocycles. The van der Waals surface area contributed by atoms with Gasteiger partial charge in [-0.15, -0.1) is 0 Å². The molecular weight excluding hydrogens is 348 g/mol. The molecule has 0 aliphatic carbocycles. The quantitative estimate of drug-likeness (QED) is 0.722. The Morgan fingerprint density at radius 2 is 1.93 bits per heavy atom. The highest BCUT2D eigenvalue weighted by Gasteiger charge is 2.26. The summed E-state index contributed by atoms with van der Waals surface area (Å²) in [6.45, 7) is 4.91. The van der Waals surface area contributed by atoms with E-state index >= 15 is 0 Å². The van der Waals surface area contributed by atoms with Crippen LogP contribution in [0.15, 0.2) is 24.3 Å². The predicted octanol–water partition coefficient (Wildman–Crippen LogP) is 1.72. The summed E-state index contributed by atoms with van der Waals surface area (Å²) in [5.41, 5.74) is 0.658. The lowest BCUT2D eigenvalue weighted by Crippen LogP contribution is -2.51. The van der Waals surface area contributed by atoms with Crippen LogP contribution < -0.4 is 9.64 Å². The van der Waals surface area contributed by atoms with Gasteiger partial charge in [0.2, 0.25) is 5.91 Å². The van der Waals surface area contributed by atoms with E-state index in [-0.39, 0.29) is 25.0 Å². The first-order valence-electron chi connectivity index (χ1n) is 9.05. The average molecular weight is 374 g/mol. The van der Waals surface area contributed by atoms with Crippen molar-refractivity contribution in [2.75, 3.05) is 57.9 Å². The van der Waals surface area contributed by atoms with Gasteiger partial charge < -0.3 is 19.3 Å². The van der Waals surface area contributed by atoms with Crippen LogP contribution in [0, 0.1) is 11.3 Å². The largest absolute Gasteiger partial charge is 0.495 e. The Morgan fingerprint density at radius 1 is 1.22 bits per heavy atom. The number of piperazine rings is 1. The minimum Gasteiger partial charge on any atom is -0.495 e. The number of hydrogen-bond donors (Lipinski definition) is 0. The van der Waals surface area contributed by atoms with Crippen molar-refractivity contribution >= 4 is 17.7 Å². The van der Waals surface area contributed by atoms with Crippen molar-refractivity contribution in [3.8, 4) is 11.8 Å². The Balaban J connectivity index is 2.01. The highest BCUT2D eigenvalue weighted by molar-refractivity contribution is 5.96. The molecule has 0 bridgehead atoms. The van der Waals surface area contributed by atoms with E-state index in [4.69, 9.17) is 14.7 Å². The van der Waals surface area contributed by atoms with Gasteiger partial charge in [-0.25, -0.2) is 4.79 Å². The summed E-state index contributed by atoms with van der Waals surface area (Å²) >= 11 is 0. The number of amides is 2. The van der Waals surface area contributed by atoms with Crippen molar-refractivity contribution < 1.29 is 19.1 Å². The molecule has 1 aromatic rings. The summed E-state index contributed by atoms with van der Waals surface area (Å²) in [5.74, 6) is 0.496. The molecule has 1 fully saturated rings. The number of rotatable bonds is 7. The van der Waals surface area contributed by atoms with Crippen molar-refractivity contribution in [2.45, 2.75) is 13.3 Å². The first-order chi connectivity index (χ1) is 13.1. The van der Waals surface area contributed by atoms with Gasteiger partial charge in [0.05, 0.1) is 38.4 Å². The number of nitrogens with zero attached hydrogens (tertiary/aromatic N) is 4. The molecule has 2 amide bonds. The molecule has 0 spiro atoms. The Bertz CT molecular complexity index is 681. The summed E-state index contributed by atoms with van der Waals surface area (Å²) < 4.78 is 10.4. The third-order valence-corrected chi connectivity index (χ3v) is 4.38. The van der Waals surface area contributed by atoms with Gasteiger partial charge in [0, 0.05) is 32.7 Å². The molecule has 0 atom stereocenters. The zero-order chi connectivity index (χ0) is 19.6. The molecule has 0 radical (unpaired) electrons. The van der Waals surface area contributed by atoms with Gasteiger partial charge in [0.25, 0.3) is 0 Å². The van der Waals surface area contributed by atoms with Gasteiger partial charge >= 0.3 is 6.09 Å². The molecule has 1 aliphatic heterocycles. The third-order valence-electron chi connectivity index (χ3n) is 4.38. The smallest absolute Gasteiger partial charge is 0.409 e. The van der Waals surface area contributed by atoms with Crippen LogP contribution >= 0.6 is 0 Å². The zero-order valence-corrected chi connectivity index (χ0v) is 15.9. The van der Waals surface area contributed by atoms with Gasteiger partial charge in [0.1, 0.15) is 5.75 Å². The monoisotopic (exact) mass is 374 g/mol. The number of para-hydroxylation sites is 2. The van der Waals surface area contributed by atoms with Crippen LogP contribution in [0.1, 0.15) is 13.3 Å². The molecule has 146 valence electrons. The maximum atomic E-state index is 12.9.